The normalized spacial score (nSPS) is 9.33. The lowest BCUT2D eigenvalue weighted by Crippen LogP contribution is -2.34. The molecule has 62 valence electrons. The maximum Gasteiger partial charge on any atom is 0.329 e. The molecule has 0 aromatic carbocycles. The molecule has 0 radical (unpaired) electrons. The molecule has 5 nitrogen and oxygen atoms in total. The third-order valence-corrected chi connectivity index (χ3v) is 1.38. The van der Waals surface area contributed by atoms with Gasteiger partial charge in [0.05, 0.1) is 6.07 Å². The molecule has 0 saturated carbocycles. The Bertz CT molecular complexity index is 404. The van der Waals surface area contributed by atoms with Gasteiger partial charge in [-0.25, -0.2) is 9.36 Å². The molecule has 1 aromatic rings. The summed E-state index contributed by atoms with van der Waals surface area (Å²) in [7, 11) is 0. The largest absolute Gasteiger partial charge is 0.329 e. The van der Waals surface area contributed by atoms with Gasteiger partial charge in [-0.05, 0) is 6.92 Å². The molecular formula is C7H7N3O2. The van der Waals surface area contributed by atoms with Crippen LogP contribution < -0.4 is 11.2 Å². The summed E-state index contributed by atoms with van der Waals surface area (Å²) in [4.78, 5) is 24.5. The highest BCUT2D eigenvalue weighted by Crippen LogP contribution is 1.78. The van der Waals surface area contributed by atoms with E-state index < -0.39 is 11.2 Å². The summed E-state index contributed by atoms with van der Waals surface area (Å²) in [5.41, 5.74) is -0.487. The van der Waals surface area contributed by atoms with Crippen LogP contribution in [0.15, 0.2) is 15.7 Å². The fraction of sp³-hybridized carbons (Fsp3) is 0.286. The Morgan fingerprint density at radius 1 is 1.67 bits per heavy atom. The van der Waals surface area contributed by atoms with Crippen LogP contribution in [0.5, 0.6) is 0 Å². The van der Waals surface area contributed by atoms with Gasteiger partial charge in [-0.15, -0.1) is 0 Å². The molecule has 0 fully saturated rings. The third-order valence-electron chi connectivity index (χ3n) is 1.38. The number of aromatic nitrogens is 2. The standard InChI is InChI=1S/C7H7N3O2/c1-5-4-6(11)10(3-2-8)7(12)9-5/h4H,3H2,1H3,(H,9,12). The van der Waals surface area contributed by atoms with Gasteiger partial charge in [-0.1, -0.05) is 0 Å². The molecule has 0 spiro atoms. The van der Waals surface area contributed by atoms with E-state index in [0.29, 0.717) is 5.69 Å². The first-order valence-corrected chi connectivity index (χ1v) is 3.33. The van der Waals surface area contributed by atoms with Crippen molar-refractivity contribution in [3.05, 3.63) is 32.6 Å². The molecule has 1 heterocycles. The third kappa shape index (κ3) is 1.42. The average Bonchev–Trinajstić information content (AvgIpc) is 1.96. The van der Waals surface area contributed by atoms with E-state index in [-0.39, 0.29) is 6.54 Å². The van der Waals surface area contributed by atoms with E-state index in [1.807, 2.05) is 0 Å². The Kier molecular flexibility index (Phi) is 2.10. The van der Waals surface area contributed by atoms with Gasteiger partial charge < -0.3 is 4.98 Å². The van der Waals surface area contributed by atoms with Gasteiger partial charge in [-0.3, -0.25) is 4.79 Å². The maximum absolute atomic E-state index is 11.0. The van der Waals surface area contributed by atoms with E-state index >= 15 is 0 Å². The number of aromatic amines is 1. The molecule has 0 aliphatic rings. The number of rotatable bonds is 1. The first-order chi connectivity index (χ1) is 5.65. The van der Waals surface area contributed by atoms with Crippen molar-refractivity contribution in [3.63, 3.8) is 0 Å². The number of nitrogens with one attached hydrogen (secondary N) is 1. The molecule has 1 N–H and O–H groups in total. The second-order valence-corrected chi connectivity index (χ2v) is 2.34. The molecular weight excluding hydrogens is 158 g/mol. The number of nitrogens with zero attached hydrogens (tertiary/aromatic N) is 2. The average molecular weight is 165 g/mol. The van der Waals surface area contributed by atoms with Crippen LogP contribution >= 0.6 is 0 Å². The zero-order valence-electron chi connectivity index (χ0n) is 6.50. The molecule has 0 atom stereocenters. The number of hydrogen-bond donors (Lipinski definition) is 1. The summed E-state index contributed by atoms with van der Waals surface area (Å²) in [6.07, 6.45) is 0. The summed E-state index contributed by atoms with van der Waals surface area (Å²) in [5, 5.41) is 8.28. The molecule has 12 heavy (non-hydrogen) atoms. The predicted octanol–water partition coefficient (Wildman–Crippen LogP) is -0.631. The van der Waals surface area contributed by atoms with Crippen LogP contribution in [-0.4, -0.2) is 9.55 Å². The molecule has 0 aliphatic heterocycles. The molecule has 1 rings (SSSR count). The van der Waals surface area contributed by atoms with E-state index in [0.717, 1.165) is 4.57 Å². The molecule has 0 amide bonds. The minimum absolute atomic E-state index is 0.214. The lowest BCUT2D eigenvalue weighted by Gasteiger charge is -1.97. The summed E-state index contributed by atoms with van der Waals surface area (Å²) >= 11 is 0. The summed E-state index contributed by atoms with van der Waals surface area (Å²) in [6.45, 7) is 1.40. The van der Waals surface area contributed by atoms with E-state index in [2.05, 4.69) is 4.98 Å². The number of nitriles is 1. The summed E-state index contributed by atoms with van der Waals surface area (Å²) in [6, 6.07) is 3.00. The minimum Gasteiger partial charge on any atom is -0.311 e. The van der Waals surface area contributed by atoms with Crippen molar-refractivity contribution in [2.75, 3.05) is 0 Å². The number of aryl methyl sites for hydroxylation is 1. The number of H-pyrrole nitrogens is 1. The van der Waals surface area contributed by atoms with Gasteiger partial charge in [-0.2, -0.15) is 5.26 Å². The van der Waals surface area contributed by atoms with Crippen LogP contribution in [0.3, 0.4) is 0 Å². The Labute approximate surface area is 67.9 Å². The van der Waals surface area contributed by atoms with Crippen molar-refractivity contribution in [2.45, 2.75) is 13.5 Å². The Hall–Kier alpha value is -1.83. The van der Waals surface area contributed by atoms with Gasteiger partial charge in [0.1, 0.15) is 6.54 Å². The molecule has 5 heteroatoms. The highest BCUT2D eigenvalue weighted by molar-refractivity contribution is 4.97. The fourth-order valence-electron chi connectivity index (χ4n) is 0.856. The predicted molar refractivity (Wildman–Crippen MR) is 41.7 cm³/mol. The second kappa shape index (κ2) is 3.05. The molecule has 1 aromatic heterocycles. The second-order valence-electron chi connectivity index (χ2n) is 2.34. The van der Waals surface area contributed by atoms with Crippen molar-refractivity contribution in [2.24, 2.45) is 0 Å². The highest BCUT2D eigenvalue weighted by atomic mass is 16.2. The molecule has 0 aliphatic carbocycles. The van der Waals surface area contributed by atoms with E-state index in [9.17, 15) is 9.59 Å². The smallest absolute Gasteiger partial charge is 0.311 e. The summed E-state index contributed by atoms with van der Waals surface area (Å²) in [5.74, 6) is 0. The zero-order valence-corrected chi connectivity index (χ0v) is 6.50. The van der Waals surface area contributed by atoms with Gasteiger partial charge in [0.2, 0.25) is 0 Å². The van der Waals surface area contributed by atoms with Gasteiger partial charge in [0.25, 0.3) is 5.56 Å². The van der Waals surface area contributed by atoms with Gasteiger partial charge in [0, 0.05) is 11.8 Å². The maximum atomic E-state index is 11.0. The van der Waals surface area contributed by atoms with Crippen LogP contribution in [0.1, 0.15) is 5.69 Å². The highest BCUT2D eigenvalue weighted by Gasteiger charge is 1.99. The monoisotopic (exact) mass is 165 g/mol. The molecule has 0 unspecified atom stereocenters. The van der Waals surface area contributed by atoms with Crippen molar-refractivity contribution in [1.29, 1.82) is 5.26 Å². The first-order valence-electron chi connectivity index (χ1n) is 3.33. The Morgan fingerprint density at radius 3 is 2.83 bits per heavy atom. The van der Waals surface area contributed by atoms with Crippen LogP contribution in [0.4, 0.5) is 0 Å². The van der Waals surface area contributed by atoms with Crippen molar-refractivity contribution in [3.8, 4) is 6.07 Å². The lowest BCUT2D eigenvalue weighted by atomic mass is 10.4. The van der Waals surface area contributed by atoms with Crippen LogP contribution in [0.2, 0.25) is 0 Å². The Morgan fingerprint density at radius 2 is 2.33 bits per heavy atom. The minimum atomic E-state index is -0.540. The quantitative estimate of drug-likeness (QED) is 0.601. The number of hydrogen-bond acceptors (Lipinski definition) is 3. The topological polar surface area (TPSA) is 78.7 Å². The van der Waals surface area contributed by atoms with Crippen LogP contribution in [0, 0.1) is 18.3 Å². The van der Waals surface area contributed by atoms with Crippen LogP contribution in [-0.2, 0) is 6.54 Å². The summed E-state index contributed by atoms with van der Waals surface area (Å²) < 4.78 is 0.840. The molecule has 0 bridgehead atoms. The first kappa shape index (κ1) is 8.27. The Balaban J connectivity index is 3.42. The van der Waals surface area contributed by atoms with E-state index in [4.69, 9.17) is 5.26 Å². The fourth-order valence-corrected chi connectivity index (χ4v) is 0.856. The zero-order chi connectivity index (χ0) is 9.14. The van der Waals surface area contributed by atoms with E-state index in [1.165, 1.54) is 6.07 Å². The lowest BCUT2D eigenvalue weighted by molar-refractivity contribution is 0.714. The molecule has 0 saturated heterocycles. The SMILES string of the molecule is Cc1cc(=O)n(CC#N)c(=O)[nH]1. The van der Waals surface area contributed by atoms with Gasteiger partial charge >= 0.3 is 5.69 Å². The van der Waals surface area contributed by atoms with Crippen molar-refractivity contribution >= 4 is 0 Å². The van der Waals surface area contributed by atoms with Crippen LogP contribution in [0.25, 0.3) is 0 Å². The van der Waals surface area contributed by atoms with Crippen molar-refractivity contribution in [1.82, 2.24) is 9.55 Å². The van der Waals surface area contributed by atoms with Crippen molar-refractivity contribution < 1.29 is 0 Å². The van der Waals surface area contributed by atoms with Gasteiger partial charge in [0.15, 0.2) is 0 Å². The van der Waals surface area contributed by atoms with E-state index in [1.54, 1.807) is 13.0 Å².